The Morgan fingerprint density at radius 3 is 2.65 bits per heavy atom. The van der Waals surface area contributed by atoms with E-state index in [0.29, 0.717) is 5.88 Å². The predicted octanol–water partition coefficient (Wildman–Crippen LogP) is 4.57. The molecule has 2 nitrogen and oxygen atoms in total. The van der Waals surface area contributed by atoms with Crippen molar-refractivity contribution in [2.45, 2.75) is 12.8 Å². The third kappa shape index (κ3) is 3.11. The van der Waals surface area contributed by atoms with Crippen molar-refractivity contribution >= 4 is 23.2 Å². The van der Waals surface area contributed by atoms with Crippen LogP contribution < -0.4 is 4.74 Å². The van der Waals surface area contributed by atoms with E-state index in [1.165, 1.54) is 0 Å². The average molecular weight is 268 g/mol. The van der Waals surface area contributed by atoms with Crippen molar-refractivity contribution in [3.63, 3.8) is 0 Å². The standard InChI is InChI=1S/C13H11Cl2NO/c1-9-6-11(2-3-13(9)15)17-12-4-5-16-10(7-12)8-14/h2-7H,8H2,1H3. The van der Waals surface area contributed by atoms with Crippen LogP contribution in [0.1, 0.15) is 11.3 Å². The van der Waals surface area contributed by atoms with Crippen LogP contribution in [-0.4, -0.2) is 4.98 Å². The molecular formula is C13H11Cl2NO. The van der Waals surface area contributed by atoms with Crippen LogP contribution in [0.5, 0.6) is 11.5 Å². The summed E-state index contributed by atoms with van der Waals surface area (Å²) >= 11 is 11.7. The molecule has 2 aromatic rings. The molecule has 0 bridgehead atoms. The zero-order valence-electron chi connectivity index (χ0n) is 9.28. The highest BCUT2D eigenvalue weighted by Crippen LogP contribution is 2.26. The van der Waals surface area contributed by atoms with Gasteiger partial charge in [-0.1, -0.05) is 11.6 Å². The minimum Gasteiger partial charge on any atom is -0.457 e. The van der Waals surface area contributed by atoms with Gasteiger partial charge >= 0.3 is 0 Å². The molecule has 0 aliphatic rings. The number of aromatic nitrogens is 1. The zero-order valence-corrected chi connectivity index (χ0v) is 10.8. The van der Waals surface area contributed by atoms with Crippen molar-refractivity contribution in [2.24, 2.45) is 0 Å². The maximum Gasteiger partial charge on any atom is 0.130 e. The van der Waals surface area contributed by atoms with Gasteiger partial charge in [-0.2, -0.15) is 0 Å². The van der Waals surface area contributed by atoms with Crippen LogP contribution in [0.4, 0.5) is 0 Å². The number of alkyl halides is 1. The second-order valence-corrected chi connectivity index (χ2v) is 4.30. The van der Waals surface area contributed by atoms with E-state index >= 15 is 0 Å². The molecule has 1 aromatic heterocycles. The quantitative estimate of drug-likeness (QED) is 0.760. The molecule has 0 amide bonds. The summed E-state index contributed by atoms with van der Waals surface area (Å²) < 4.78 is 5.70. The van der Waals surface area contributed by atoms with Gasteiger partial charge in [0.25, 0.3) is 0 Å². The Morgan fingerprint density at radius 1 is 1.18 bits per heavy atom. The van der Waals surface area contributed by atoms with Gasteiger partial charge < -0.3 is 4.74 Å². The number of rotatable bonds is 3. The zero-order chi connectivity index (χ0) is 12.3. The first-order valence-electron chi connectivity index (χ1n) is 5.14. The molecule has 1 aromatic carbocycles. The predicted molar refractivity (Wildman–Crippen MR) is 70.1 cm³/mol. The minimum absolute atomic E-state index is 0.372. The van der Waals surface area contributed by atoms with Crippen LogP contribution in [0.15, 0.2) is 36.5 Å². The molecule has 0 unspecified atom stereocenters. The maximum absolute atomic E-state index is 5.95. The molecule has 0 spiro atoms. The Balaban J connectivity index is 2.22. The molecule has 17 heavy (non-hydrogen) atoms. The molecule has 0 N–H and O–H groups in total. The summed E-state index contributed by atoms with van der Waals surface area (Å²) in [6.45, 7) is 1.94. The lowest BCUT2D eigenvalue weighted by Gasteiger charge is -2.07. The van der Waals surface area contributed by atoms with Crippen molar-refractivity contribution in [3.05, 3.63) is 52.8 Å². The number of nitrogens with zero attached hydrogens (tertiary/aromatic N) is 1. The molecule has 1 heterocycles. The van der Waals surface area contributed by atoms with Crippen LogP contribution in [-0.2, 0) is 5.88 Å². The summed E-state index contributed by atoms with van der Waals surface area (Å²) in [5, 5.41) is 0.730. The molecule has 4 heteroatoms. The Kier molecular flexibility index (Phi) is 3.87. The number of benzene rings is 1. The van der Waals surface area contributed by atoms with Gasteiger partial charge in [-0.25, -0.2) is 0 Å². The van der Waals surface area contributed by atoms with Crippen molar-refractivity contribution in [1.29, 1.82) is 0 Å². The van der Waals surface area contributed by atoms with Crippen LogP contribution in [0, 0.1) is 6.92 Å². The van der Waals surface area contributed by atoms with Crippen molar-refractivity contribution in [1.82, 2.24) is 4.98 Å². The first kappa shape index (κ1) is 12.2. The van der Waals surface area contributed by atoms with Gasteiger partial charge in [-0.15, -0.1) is 11.6 Å². The lowest BCUT2D eigenvalue weighted by molar-refractivity contribution is 0.481. The van der Waals surface area contributed by atoms with E-state index in [0.717, 1.165) is 27.8 Å². The van der Waals surface area contributed by atoms with Crippen molar-refractivity contribution in [2.75, 3.05) is 0 Å². The summed E-state index contributed by atoms with van der Waals surface area (Å²) in [5.41, 5.74) is 1.77. The number of hydrogen-bond donors (Lipinski definition) is 0. The minimum atomic E-state index is 0.372. The fourth-order valence-electron chi connectivity index (χ4n) is 1.41. The Morgan fingerprint density at radius 2 is 1.94 bits per heavy atom. The largest absolute Gasteiger partial charge is 0.457 e. The lowest BCUT2D eigenvalue weighted by Crippen LogP contribution is -1.89. The van der Waals surface area contributed by atoms with E-state index in [1.807, 2.05) is 31.2 Å². The molecule has 0 aliphatic heterocycles. The van der Waals surface area contributed by atoms with E-state index in [1.54, 1.807) is 12.3 Å². The smallest absolute Gasteiger partial charge is 0.130 e. The SMILES string of the molecule is Cc1cc(Oc2ccnc(CCl)c2)ccc1Cl. The van der Waals surface area contributed by atoms with E-state index < -0.39 is 0 Å². The molecule has 0 fully saturated rings. The summed E-state index contributed by atoms with van der Waals surface area (Å²) in [7, 11) is 0. The van der Waals surface area contributed by atoms with Crippen LogP contribution >= 0.6 is 23.2 Å². The van der Waals surface area contributed by atoms with Gasteiger partial charge in [-0.3, -0.25) is 4.98 Å². The lowest BCUT2D eigenvalue weighted by atomic mass is 10.2. The monoisotopic (exact) mass is 267 g/mol. The topological polar surface area (TPSA) is 22.1 Å². The summed E-state index contributed by atoms with van der Waals surface area (Å²) in [6, 6.07) is 9.14. The number of aryl methyl sites for hydroxylation is 1. The molecule has 0 atom stereocenters. The Labute approximate surface area is 110 Å². The Hall–Kier alpha value is -1.25. The average Bonchev–Trinajstić information content (AvgIpc) is 2.34. The highest BCUT2D eigenvalue weighted by atomic mass is 35.5. The Bertz CT molecular complexity index is 529. The summed E-state index contributed by atoms with van der Waals surface area (Å²) in [5.74, 6) is 1.84. The third-order valence-corrected chi connectivity index (χ3v) is 2.99. The molecule has 0 saturated heterocycles. The van der Waals surface area contributed by atoms with Crippen LogP contribution in [0.2, 0.25) is 5.02 Å². The molecule has 0 aliphatic carbocycles. The molecule has 2 rings (SSSR count). The number of hydrogen-bond acceptors (Lipinski definition) is 2. The second-order valence-electron chi connectivity index (χ2n) is 3.63. The fraction of sp³-hybridized carbons (Fsp3) is 0.154. The van der Waals surface area contributed by atoms with Gasteiger partial charge in [0.1, 0.15) is 11.5 Å². The van der Waals surface area contributed by atoms with E-state index in [4.69, 9.17) is 27.9 Å². The van der Waals surface area contributed by atoms with Crippen molar-refractivity contribution < 1.29 is 4.74 Å². The summed E-state index contributed by atoms with van der Waals surface area (Å²) in [4.78, 5) is 4.10. The summed E-state index contributed by atoms with van der Waals surface area (Å²) in [6.07, 6.45) is 1.68. The molecule has 0 saturated carbocycles. The van der Waals surface area contributed by atoms with Crippen LogP contribution in [0.25, 0.3) is 0 Å². The molecular weight excluding hydrogens is 257 g/mol. The number of ether oxygens (including phenoxy) is 1. The number of halogens is 2. The van der Waals surface area contributed by atoms with Crippen molar-refractivity contribution in [3.8, 4) is 11.5 Å². The normalized spacial score (nSPS) is 10.3. The van der Waals surface area contributed by atoms with E-state index in [2.05, 4.69) is 4.98 Å². The van der Waals surface area contributed by atoms with Gasteiger partial charge in [0.05, 0.1) is 11.6 Å². The fourth-order valence-corrected chi connectivity index (χ4v) is 1.67. The third-order valence-electron chi connectivity index (χ3n) is 2.29. The van der Waals surface area contributed by atoms with E-state index in [9.17, 15) is 0 Å². The maximum atomic E-state index is 5.95. The highest BCUT2D eigenvalue weighted by molar-refractivity contribution is 6.31. The number of pyridine rings is 1. The van der Waals surface area contributed by atoms with Gasteiger partial charge in [-0.05, 0) is 36.8 Å². The first-order valence-corrected chi connectivity index (χ1v) is 6.05. The van der Waals surface area contributed by atoms with Gasteiger partial charge in [0.15, 0.2) is 0 Å². The molecule has 0 radical (unpaired) electrons. The van der Waals surface area contributed by atoms with Crippen LogP contribution in [0.3, 0.4) is 0 Å². The van der Waals surface area contributed by atoms with Gasteiger partial charge in [0.2, 0.25) is 0 Å². The van der Waals surface area contributed by atoms with Gasteiger partial charge in [0, 0.05) is 17.3 Å². The van der Waals surface area contributed by atoms with E-state index in [-0.39, 0.29) is 0 Å². The second kappa shape index (κ2) is 5.39. The highest BCUT2D eigenvalue weighted by Gasteiger charge is 2.01. The first-order chi connectivity index (χ1) is 8.19. The molecule has 88 valence electrons.